The smallest absolute Gasteiger partial charge is 0.267 e. The van der Waals surface area contributed by atoms with Crippen molar-refractivity contribution in [3.8, 4) is 0 Å². The van der Waals surface area contributed by atoms with Gasteiger partial charge < -0.3 is 9.64 Å². The third kappa shape index (κ3) is 4.77. The van der Waals surface area contributed by atoms with Gasteiger partial charge in [-0.3, -0.25) is 14.9 Å². The molecule has 3 heterocycles. The maximum atomic E-state index is 12.2. The maximum Gasteiger partial charge on any atom is 0.267 e. The molecular formula is C14H18N6O3S2. The summed E-state index contributed by atoms with van der Waals surface area (Å²) in [7, 11) is 1.56. The van der Waals surface area contributed by atoms with Gasteiger partial charge in [0, 0.05) is 37.8 Å². The molecule has 0 radical (unpaired) electrons. The molecule has 1 amide bonds. The second-order valence-electron chi connectivity index (χ2n) is 5.27. The zero-order chi connectivity index (χ0) is 17.6. The number of rotatable bonds is 6. The van der Waals surface area contributed by atoms with Gasteiger partial charge in [0.05, 0.1) is 0 Å². The summed E-state index contributed by atoms with van der Waals surface area (Å²) in [6.45, 7) is 1.93. The number of nitrogens with one attached hydrogen (secondary N) is 1. The monoisotopic (exact) mass is 382 g/mol. The molecule has 11 heteroatoms. The molecular weight excluding hydrogens is 364 g/mol. The van der Waals surface area contributed by atoms with Crippen molar-refractivity contribution in [2.24, 2.45) is 0 Å². The number of hydrogen-bond donors (Lipinski definition) is 1. The summed E-state index contributed by atoms with van der Waals surface area (Å²) in [6.07, 6.45) is 0. The molecule has 0 aromatic carbocycles. The van der Waals surface area contributed by atoms with Gasteiger partial charge in [-0.15, -0.1) is 10.2 Å². The van der Waals surface area contributed by atoms with E-state index < -0.39 is 0 Å². The first kappa shape index (κ1) is 17.8. The fourth-order valence-electron chi connectivity index (χ4n) is 2.29. The Morgan fingerprint density at radius 3 is 2.88 bits per heavy atom. The minimum absolute atomic E-state index is 0.172. The van der Waals surface area contributed by atoms with Gasteiger partial charge in [-0.25, -0.2) is 4.68 Å². The quantitative estimate of drug-likeness (QED) is 0.768. The summed E-state index contributed by atoms with van der Waals surface area (Å²) in [4.78, 5) is 26.3. The van der Waals surface area contributed by atoms with E-state index in [0.29, 0.717) is 22.6 Å². The maximum absolute atomic E-state index is 12.2. The van der Waals surface area contributed by atoms with Crippen LogP contribution in [0.3, 0.4) is 0 Å². The zero-order valence-electron chi connectivity index (χ0n) is 13.7. The second-order valence-corrected chi connectivity index (χ2v) is 7.56. The number of anilines is 2. The summed E-state index contributed by atoms with van der Waals surface area (Å²) in [6, 6.07) is 3.15. The fourth-order valence-corrected chi connectivity index (χ4v) is 3.92. The summed E-state index contributed by atoms with van der Waals surface area (Å²) in [5.74, 6) is 2.40. The van der Waals surface area contributed by atoms with Crippen LogP contribution in [0.4, 0.5) is 10.9 Å². The molecule has 0 atom stereocenters. The third-order valence-corrected chi connectivity index (χ3v) is 5.22. The van der Waals surface area contributed by atoms with Crippen molar-refractivity contribution in [3.05, 3.63) is 27.5 Å². The highest BCUT2D eigenvalue weighted by atomic mass is 32.2. The van der Waals surface area contributed by atoms with E-state index in [4.69, 9.17) is 4.74 Å². The lowest BCUT2D eigenvalue weighted by Crippen LogP contribution is -2.36. The number of carbonyl (C=O) groups excluding carboxylic acids is 1. The Balaban J connectivity index is 1.66. The van der Waals surface area contributed by atoms with E-state index in [9.17, 15) is 9.59 Å². The van der Waals surface area contributed by atoms with Crippen molar-refractivity contribution in [1.29, 1.82) is 0 Å². The van der Waals surface area contributed by atoms with Gasteiger partial charge in [0.2, 0.25) is 11.0 Å². The lowest BCUT2D eigenvalue weighted by Gasteiger charge is -2.27. The van der Waals surface area contributed by atoms with Gasteiger partial charge in [0.1, 0.15) is 24.0 Å². The van der Waals surface area contributed by atoms with Crippen molar-refractivity contribution in [2.75, 3.05) is 41.9 Å². The van der Waals surface area contributed by atoms with E-state index in [-0.39, 0.29) is 18.0 Å². The molecule has 25 heavy (non-hydrogen) atoms. The first-order chi connectivity index (χ1) is 12.2. The van der Waals surface area contributed by atoms with Gasteiger partial charge in [-0.1, -0.05) is 11.3 Å². The molecule has 1 fully saturated rings. The van der Waals surface area contributed by atoms with E-state index in [1.807, 2.05) is 11.8 Å². The number of thioether (sulfide) groups is 1. The molecule has 9 nitrogen and oxygen atoms in total. The number of ether oxygens (including phenoxy) is 1. The Hall–Kier alpha value is -1.98. The molecule has 3 rings (SSSR count). The van der Waals surface area contributed by atoms with Crippen LogP contribution in [0.2, 0.25) is 0 Å². The topological polar surface area (TPSA) is 102 Å². The minimum Gasteiger partial charge on any atom is -0.377 e. The average molecular weight is 382 g/mol. The normalized spacial score (nSPS) is 14.5. The Morgan fingerprint density at radius 2 is 2.12 bits per heavy atom. The number of carbonyl (C=O) groups is 1. The standard InChI is InChI=1S/C14H18N6O3S2/c1-23-9-12-16-17-14(25-12)15-11(21)8-20-13(22)3-2-10(18-20)19-4-6-24-7-5-19/h2-3H,4-9H2,1H3,(H,15,17,21). The molecule has 2 aromatic heterocycles. The van der Waals surface area contributed by atoms with Gasteiger partial charge in [0.25, 0.3) is 5.56 Å². The Bertz CT molecular complexity index is 787. The van der Waals surface area contributed by atoms with Crippen LogP contribution in [0, 0.1) is 0 Å². The van der Waals surface area contributed by atoms with Crippen LogP contribution in [-0.4, -0.2) is 57.6 Å². The lowest BCUT2D eigenvalue weighted by molar-refractivity contribution is -0.117. The van der Waals surface area contributed by atoms with Crippen LogP contribution in [0.1, 0.15) is 5.01 Å². The number of methoxy groups -OCH3 is 1. The Kier molecular flexibility index (Phi) is 6.00. The molecule has 0 saturated carbocycles. The van der Waals surface area contributed by atoms with Crippen LogP contribution in [0.5, 0.6) is 0 Å². The fraction of sp³-hybridized carbons (Fsp3) is 0.500. The summed E-state index contributed by atoms with van der Waals surface area (Å²) < 4.78 is 6.13. The van der Waals surface area contributed by atoms with Crippen LogP contribution >= 0.6 is 23.1 Å². The number of amides is 1. The molecule has 0 aliphatic carbocycles. The molecule has 0 bridgehead atoms. The molecule has 1 aliphatic rings. The van der Waals surface area contributed by atoms with Crippen molar-refractivity contribution in [2.45, 2.75) is 13.2 Å². The minimum atomic E-state index is -0.374. The van der Waals surface area contributed by atoms with Gasteiger partial charge in [-0.2, -0.15) is 16.9 Å². The Labute approximate surface area is 152 Å². The highest BCUT2D eigenvalue weighted by Gasteiger charge is 2.15. The largest absolute Gasteiger partial charge is 0.377 e. The van der Waals surface area contributed by atoms with Crippen molar-refractivity contribution in [1.82, 2.24) is 20.0 Å². The first-order valence-electron chi connectivity index (χ1n) is 7.68. The molecule has 0 spiro atoms. The van der Waals surface area contributed by atoms with Crippen LogP contribution in [-0.2, 0) is 22.7 Å². The molecule has 1 N–H and O–H groups in total. The van der Waals surface area contributed by atoms with E-state index in [2.05, 4.69) is 25.5 Å². The number of nitrogens with zero attached hydrogens (tertiary/aromatic N) is 5. The number of hydrogen-bond acceptors (Lipinski definition) is 9. The van der Waals surface area contributed by atoms with Crippen LogP contribution in [0.15, 0.2) is 16.9 Å². The summed E-state index contributed by atoms with van der Waals surface area (Å²) >= 11 is 3.12. The van der Waals surface area contributed by atoms with E-state index in [1.165, 1.54) is 22.1 Å². The first-order valence-corrected chi connectivity index (χ1v) is 9.65. The highest BCUT2D eigenvalue weighted by molar-refractivity contribution is 7.99. The summed E-state index contributed by atoms with van der Waals surface area (Å²) in [5, 5.41) is 15.7. The predicted octanol–water partition coefficient (Wildman–Crippen LogP) is 0.433. The zero-order valence-corrected chi connectivity index (χ0v) is 15.3. The molecule has 134 valence electrons. The average Bonchev–Trinajstić information content (AvgIpc) is 3.05. The molecule has 2 aromatic rings. The van der Waals surface area contributed by atoms with Crippen molar-refractivity contribution in [3.63, 3.8) is 0 Å². The Morgan fingerprint density at radius 1 is 1.32 bits per heavy atom. The van der Waals surface area contributed by atoms with Gasteiger partial charge in [-0.05, 0) is 6.07 Å². The van der Waals surface area contributed by atoms with E-state index in [1.54, 1.807) is 13.2 Å². The molecule has 1 saturated heterocycles. The van der Waals surface area contributed by atoms with Crippen LogP contribution in [0.25, 0.3) is 0 Å². The SMILES string of the molecule is COCc1nnc(NC(=O)Cn2nc(N3CCSCC3)ccc2=O)s1. The number of aromatic nitrogens is 4. The molecule has 0 unspecified atom stereocenters. The van der Waals surface area contributed by atoms with Crippen molar-refractivity contribution < 1.29 is 9.53 Å². The van der Waals surface area contributed by atoms with E-state index >= 15 is 0 Å². The summed E-state index contributed by atoms with van der Waals surface area (Å²) in [5.41, 5.74) is -0.317. The predicted molar refractivity (Wildman–Crippen MR) is 97.3 cm³/mol. The van der Waals surface area contributed by atoms with Crippen molar-refractivity contribution >= 4 is 40.0 Å². The van der Waals surface area contributed by atoms with E-state index in [0.717, 1.165) is 24.6 Å². The third-order valence-electron chi connectivity index (χ3n) is 3.46. The molecule has 1 aliphatic heterocycles. The second kappa shape index (κ2) is 8.41. The van der Waals surface area contributed by atoms with Gasteiger partial charge >= 0.3 is 0 Å². The van der Waals surface area contributed by atoms with Gasteiger partial charge in [0.15, 0.2) is 0 Å². The lowest BCUT2D eigenvalue weighted by atomic mass is 10.4. The highest BCUT2D eigenvalue weighted by Crippen LogP contribution is 2.17. The van der Waals surface area contributed by atoms with Crippen LogP contribution < -0.4 is 15.8 Å².